The first-order chi connectivity index (χ1) is 18.5. The fraction of sp³-hybridized carbons (Fsp3) is 0.233. The zero-order chi connectivity index (χ0) is 26.5. The van der Waals surface area contributed by atoms with Crippen LogP contribution < -0.4 is 15.4 Å². The van der Waals surface area contributed by atoms with E-state index < -0.39 is 0 Å². The minimum atomic E-state index is -0.284. The van der Waals surface area contributed by atoms with E-state index in [1.165, 1.54) is 12.1 Å². The molecule has 1 fully saturated rings. The topological polar surface area (TPSA) is 97.3 Å². The van der Waals surface area contributed by atoms with Gasteiger partial charge >= 0.3 is 0 Å². The zero-order valence-electron chi connectivity index (χ0n) is 21.1. The summed E-state index contributed by atoms with van der Waals surface area (Å²) in [6, 6.07) is 23.8. The van der Waals surface area contributed by atoms with Crippen LogP contribution in [0, 0.1) is 24.1 Å². The summed E-state index contributed by atoms with van der Waals surface area (Å²) >= 11 is 0. The summed E-state index contributed by atoms with van der Waals surface area (Å²) in [5, 5.41) is 9.51. The molecule has 0 amide bonds. The molecule has 5 rings (SSSR count). The van der Waals surface area contributed by atoms with Gasteiger partial charge in [-0.15, -0.1) is 0 Å². The zero-order valence-corrected chi connectivity index (χ0v) is 21.1. The van der Waals surface area contributed by atoms with Gasteiger partial charge in [0, 0.05) is 37.2 Å². The quantitative estimate of drug-likeness (QED) is 0.366. The smallest absolute Gasteiger partial charge is 0.224 e. The Balaban J connectivity index is 1.46. The van der Waals surface area contributed by atoms with Gasteiger partial charge in [-0.1, -0.05) is 36.4 Å². The summed E-state index contributed by atoms with van der Waals surface area (Å²) in [4.78, 5) is 11.2. The third kappa shape index (κ3) is 5.65. The molecule has 1 aromatic heterocycles. The highest BCUT2D eigenvalue weighted by Gasteiger charge is 2.17. The van der Waals surface area contributed by atoms with Crippen LogP contribution in [0.1, 0.15) is 28.4 Å². The highest BCUT2D eigenvalue weighted by Crippen LogP contribution is 2.36. The van der Waals surface area contributed by atoms with Gasteiger partial charge in [-0.05, 0) is 53.9 Å². The second-order valence-corrected chi connectivity index (χ2v) is 9.10. The van der Waals surface area contributed by atoms with Crippen LogP contribution >= 0.6 is 0 Å². The van der Waals surface area contributed by atoms with E-state index in [1.807, 2.05) is 49.4 Å². The molecule has 1 unspecified atom stereocenters. The van der Waals surface area contributed by atoms with E-state index >= 15 is 0 Å². The molecule has 4 aromatic rings. The van der Waals surface area contributed by atoms with Crippen molar-refractivity contribution in [3.63, 3.8) is 0 Å². The number of aromatic nitrogens is 2. The molecule has 0 aliphatic carbocycles. The van der Waals surface area contributed by atoms with Crippen molar-refractivity contribution in [1.82, 2.24) is 9.97 Å². The van der Waals surface area contributed by atoms with Gasteiger partial charge in [0.05, 0.1) is 24.8 Å². The Morgan fingerprint density at radius 2 is 1.82 bits per heavy atom. The van der Waals surface area contributed by atoms with Gasteiger partial charge in [0.1, 0.15) is 23.2 Å². The van der Waals surface area contributed by atoms with Crippen LogP contribution in [0.15, 0.2) is 72.8 Å². The Bertz CT molecular complexity index is 1460. The lowest BCUT2D eigenvalue weighted by Crippen LogP contribution is -2.36. The third-order valence-corrected chi connectivity index (χ3v) is 6.57. The van der Waals surface area contributed by atoms with E-state index in [1.54, 1.807) is 18.2 Å². The van der Waals surface area contributed by atoms with Crippen LogP contribution in [0.5, 0.6) is 11.6 Å². The summed E-state index contributed by atoms with van der Waals surface area (Å²) in [7, 11) is 0. The molecule has 38 heavy (non-hydrogen) atoms. The lowest BCUT2D eigenvalue weighted by Gasteiger charge is -2.28. The summed E-state index contributed by atoms with van der Waals surface area (Å²) in [5.74, 6) is 1.89. The summed E-state index contributed by atoms with van der Waals surface area (Å²) in [6.07, 6.45) is 0. The second kappa shape index (κ2) is 11.4. The number of nitrogens with zero attached hydrogens (tertiary/aromatic N) is 4. The number of benzene rings is 3. The fourth-order valence-electron chi connectivity index (χ4n) is 4.64. The van der Waals surface area contributed by atoms with Gasteiger partial charge in [-0.25, -0.2) is 9.37 Å². The molecule has 0 spiro atoms. The van der Waals surface area contributed by atoms with Crippen molar-refractivity contribution in [3.05, 3.63) is 101 Å². The summed E-state index contributed by atoms with van der Waals surface area (Å²) < 4.78 is 25.5. The highest BCUT2D eigenvalue weighted by molar-refractivity contribution is 5.72. The molecule has 0 radical (unpaired) electrons. The van der Waals surface area contributed by atoms with E-state index in [0.29, 0.717) is 42.8 Å². The maximum atomic E-state index is 13.8. The third-order valence-electron chi connectivity index (χ3n) is 6.57. The maximum Gasteiger partial charge on any atom is 0.224 e. The average Bonchev–Trinajstić information content (AvgIpc) is 2.94. The van der Waals surface area contributed by atoms with Crippen LogP contribution in [-0.2, 0) is 4.74 Å². The Kier molecular flexibility index (Phi) is 7.59. The molecule has 0 bridgehead atoms. The lowest BCUT2D eigenvalue weighted by molar-refractivity contribution is 0.122. The number of nitriles is 1. The van der Waals surface area contributed by atoms with E-state index in [2.05, 4.69) is 20.9 Å². The number of halogens is 1. The number of hydrogen-bond acceptors (Lipinski definition) is 7. The normalized spacial score (nSPS) is 14.1. The van der Waals surface area contributed by atoms with E-state index in [9.17, 15) is 9.65 Å². The van der Waals surface area contributed by atoms with Crippen molar-refractivity contribution in [2.24, 2.45) is 5.73 Å². The van der Waals surface area contributed by atoms with Crippen LogP contribution in [0.25, 0.3) is 11.1 Å². The van der Waals surface area contributed by atoms with Crippen molar-refractivity contribution in [2.45, 2.75) is 12.8 Å². The van der Waals surface area contributed by atoms with Crippen molar-refractivity contribution >= 4 is 5.82 Å². The molecule has 7 nitrogen and oxygen atoms in total. The van der Waals surface area contributed by atoms with E-state index in [-0.39, 0.29) is 11.7 Å². The van der Waals surface area contributed by atoms with Crippen molar-refractivity contribution in [1.29, 1.82) is 5.26 Å². The molecule has 1 aliphatic rings. The molecule has 2 N–H and O–H groups in total. The molecule has 1 atom stereocenters. The number of aryl methyl sites for hydroxylation is 1. The first-order valence-corrected chi connectivity index (χ1v) is 12.5. The first-order valence-electron chi connectivity index (χ1n) is 12.5. The molecule has 192 valence electrons. The largest absolute Gasteiger partial charge is 0.438 e. The number of hydrogen-bond donors (Lipinski definition) is 1. The van der Waals surface area contributed by atoms with Gasteiger partial charge < -0.3 is 20.1 Å². The summed E-state index contributed by atoms with van der Waals surface area (Å²) in [5.41, 5.74) is 10.1. The van der Waals surface area contributed by atoms with E-state index in [4.69, 9.17) is 15.2 Å². The van der Waals surface area contributed by atoms with Gasteiger partial charge in [-0.2, -0.15) is 10.2 Å². The Hall–Kier alpha value is -4.32. The minimum absolute atomic E-state index is 0.126. The predicted molar refractivity (Wildman–Crippen MR) is 144 cm³/mol. The summed E-state index contributed by atoms with van der Waals surface area (Å²) in [6.45, 7) is 4.97. The molecule has 1 aliphatic heterocycles. The van der Waals surface area contributed by atoms with Crippen molar-refractivity contribution in [3.8, 4) is 28.8 Å². The molecule has 1 saturated heterocycles. The average molecular weight is 510 g/mol. The molecular formula is C30H28FN5O2. The minimum Gasteiger partial charge on any atom is -0.438 e. The maximum absolute atomic E-state index is 13.8. The highest BCUT2D eigenvalue weighted by atomic mass is 19.1. The van der Waals surface area contributed by atoms with Crippen LogP contribution in [-0.4, -0.2) is 42.8 Å². The molecule has 2 heterocycles. The molecule has 3 aromatic carbocycles. The number of rotatable bonds is 7. The monoisotopic (exact) mass is 509 g/mol. The first kappa shape index (κ1) is 25.3. The number of morpholine rings is 1. The SMILES string of the molecule is Cc1nc(Oc2cc(C#N)ccc2-c2ccc(C(CN)c3cccc(F)c3)cc2)cc(N2CCOCC2)n1. The van der Waals surface area contributed by atoms with Gasteiger partial charge in [-0.3, -0.25) is 0 Å². The number of nitrogens with two attached hydrogens (primary N) is 1. The number of ether oxygens (including phenoxy) is 2. The Labute approximate surface area is 221 Å². The molecular weight excluding hydrogens is 481 g/mol. The van der Waals surface area contributed by atoms with E-state index in [0.717, 1.165) is 41.2 Å². The lowest BCUT2D eigenvalue weighted by atomic mass is 9.90. The number of anilines is 1. The van der Waals surface area contributed by atoms with Gasteiger partial charge in [0.2, 0.25) is 5.88 Å². The Morgan fingerprint density at radius 3 is 2.53 bits per heavy atom. The molecule has 8 heteroatoms. The Morgan fingerprint density at radius 1 is 1.03 bits per heavy atom. The van der Waals surface area contributed by atoms with Gasteiger partial charge in [0.25, 0.3) is 0 Å². The van der Waals surface area contributed by atoms with Crippen LogP contribution in [0.3, 0.4) is 0 Å². The van der Waals surface area contributed by atoms with Crippen molar-refractivity contribution in [2.75, 3.05) is 37.7 Å². The molecule has 0 saturated carbocycles. The van der Waals surface area contributed by atoms with Crippen LogP contribution in [0.2, 0.25) is 0 Å². The second-order valence-electron chi connectivity index (χ2n) is 9.10. The van der Waals surface area contributed by atoms with Crippen LogP contribution in [0.4, 0.5) is 10.2 Å². The predicted octanol–water partition coefficient (Wildman–Crippen LogP) is 5.18. The fourth-order valence-corrected chi connectivity index (χ4v) is 4.64. The van der Waals surface area contributed by atoms with Crippen molar-refractivity contribution < 1.29 is 13.9 Å². The van der Waals surface area contributed by atoms with Gasteiger partial charge in [0.15, 0.2) is 0 Å². The standard InChI is InChI=1S/C30H28FN5O2/c1-20-34-29(36-11-13-37-14-12-36)17-30(35-20)38-28-15-21(18-32)5-10-26(28)22-6-8-23(9-7-22)27(19-33)24-3-2-4-25(31)16-24/h2-10,15-17,27H,11-14,19,33H2,1H3.